The van der Waals surface area contributed by atoms with Crippen molar-refractivity contribution in [1.82, 2.24) is 5.32 Å². The van der Waals surface area contributed by atoms with Crippen LogP contribution in [0.5, 0.6) is 5.75 Å². The largest absolute Gasteiger partial charge is 0.507 e. The van der Waals surface area contributed by atoms with Gasteiger partial charge >= 0.3 is 5.97 Å². The van der Waals surface area contributed by atoms with E-state index in [-0.39, 0.29) is 11.3 Å². The van der Waals surface area contributed by atoms with Gasteiger partial charge in [0.15, 0.2) is 6.61 Å². The molecule has 2 aromatic carbocycles. The number of thioether (sulfide) groups is 1. The number of nitrogens with one attached hydrogen (secondary N) is 1. The van der Waals surface area contributed by atoms with Crippen LogP contribution in [0.4, 0.5) is 0 Å². The molecule has 0 aliphatic heterocycles. The van der Waals surface area contributed by atoms with Gasteiger partial charge in [-0.1, -0.05) is 29.8 Å². The molecule has 0 unspecified atom stereocenters. The fourth-order valence-electron chi connectivity index (χ4n) is 1.81. The van der Waals surface area contributed by atoms with Gasteiger partial charge in [-0.05, 0) is 30.3 Å². The standard InChI is InChI=1S/C17H16ClNO4S/c18-12-6-7-15(20)14(10-12)17(22)23-11-16(21)19-8-9-24-13-4-2-1-3-5-13/h1-7,10,20H,8-9,11H2,(H,19,21). The first-order chi connectivity index (χ1) is 11.6. The molecule has 0 aliphatic rings. The van der Waals surface area contributed by atoms with E-state index in [9.17, 15) is 14.7 Å². The minimum atomic E-state index is -0.802. The number of carbonyl (C=O) groups excluding carboxylic acids is 2. The van der Waals surface area contributed by atoms with E-state index in [4.69, 9.17) is 16.3 Å². The first kappa shape index (κ1) is 18.2. The fourth-order valence-corrected chi connectivity index (χ4v) is 2.77. The van der Waals surface area contributed by atoms with Crippen LogP contribution in [0.3, 0.4) is 0 Å². The number of benzene rings is 2. The molecule has 0 saturated heterocycles. The Morgan fingerprint density at radius 3 is 2.67 bits per heavy atom. The average molecular weight is 366 g/mol. The van der Waals surface area contributed by atoms with Crippen molar-refractivity contribution in [1.29, 1.82) is 0 Å². The van der Waals surface area contributed by atoms with Crippen molar-refractivity contribution in [2.45, 2.75) is 4.90 Å². The van der Waals surface area contributed by atoms with Crippen LogP contribution in [-0.4, -0.2) is 35.9 Å². The maximum Gasteiger partial charge on any atom is 0.342 e. The molecule has 7 heteroatoms. The second-order valence-electron chi connectivity index (χ2n) is 4.75. The van der Waals surface area contributed by atoms with E-state index in [1.807, 2.05) is 30.3 Å². The first-order valence-corrected chi connectivity index (χ1v) is 8.53. The molecule has 2 rings (SSSR count). The summed E-state index contributed by atoms with van der Waals surface area (Å²) < 4.78 is 4.86. The van der Waals surface area contributed by atoms with Crippen molar-refractivity contribution in [3.8, 4) is 5.75 Å². The third-order valence-electron chi connectivity index (χ3n) is 2.95. The fraction of sp³-hybridized carbons (Fsp3) is 0.176. The van der Waals surface area contributed by atoms with Gasteiger partial charge in [0.25, 0.3) is 5.91 Å². The van der Waals surface area contributed by atoms with Gasteiger partial charge in [0, 0.05) is 22.2 Å². The summed E-state index contributed by atoms with van der Waals surface area (Å²) >= 11 is 7.38. The molecular weight excluding hydrogens is 350 g/mol. The molecule has 1 amide bonds. The highest BCUT2D eigenvalue weighted by molar-refractivity contribution is 7.99. The second-order valence-corrected chi connectivity index (χ2v) is 6.35. The number of halogens is 1. The van der Waals surface area contributed by atoms with Crippen LogP contribution in [-0.2, 0) is 9.53 Å². The van der Waals surface area contributed by atoms with Crippen LogP contribution in [0.25, 0.3) is 0 Å². The molecule has 0 aliphatic carbocycles. The minimum Gasteiger partial charge on any atom is -0.507 e. The molecule has 2 aromatic rings. The Kier molecular flexibility index (Phi) is 6.96. The zero-order valence-electron chi connectivity index (χ0n) is 12.7. The lowest BCUT2D eigenvalue weighted by atomic mass is 10.2. The Hall–Kier alpha value is -2.18. The molecule has 5 nitrogen and oxygen atoms in total. The van der Waals surface area contributed by atoms with Crippen LogP contribution >= 0.6 is 23.4 Å². The summed E-state index contributed by atoms with van der Waals surface area (Å²) in [5.74, 6) is -0.745. The Balaban J connectivity index is 1.69. The Morgan fingerprint density at radius 1 is 1.17 bits per heavy atom. The number of amides is 1. The van der Waals surface area contributed by atoms with Crippen molar-refractivity contribution < 1.29 is 19.4 Å². The zero-order chi connectivity index (χ0) is 17.4. The predicted octanol–water partition coefficient (Wildman–Crippen LogP) is 3.11. The van der Waals surface area contributed by atoms with E-state index < -0.39 is 18.5 Å². The van der Waals surface area contributed by atoms with Crippen molar-refractivity contribution in [3.63, 3.8) is 0 Å². The van der Waals surface area contributed by atoms with Crippen LogP contribution in [0.2, 0.25) is 5.02 Å². The number of carbonyl (C=O) groups is 2. The summed E-state index contributed by atoms with van der Waals surface area (Å²) in [7, 11) is 0. The second kappa shape index (κ2) is 9.20. The van der Waals surface area contributed by atoms with E-state index >= 15 is 0 Å². The number of phenols is 1. The molecule has 0 bridgehead atoms. The van der Waals surface area contributed by atoms with E-state index in [2.05, 4.69) is 5.32 Å². The molecule has 24 heavy (non-hydrogen) atoms. The summed E-state index contributed by atoms with van der Waals surface area (Å²) in [5.41, 5.74) is -0.0741. The quantitative estimate of drug-likeness (QED) is 0.448. The number of hydrogen-bond acceptors (Lipinski definition) is 5. The normalized spacial score (nSPS) is 10.2. The maximum atomic E-state index is 11.8. The van der Waals surface area contributed by atoms with Gasteiger partial charge in [0.1, 0.15) is 11.3 Å². The van der Waals surface area contributed by atoms with Gasteiger partial charge in [-0.3, -0.25) is 4.79 Å². The highest BCUT2D eigenvalue weighted by atomic mass is 35.5. The average Bonchev–Trinajstić information content (AvgIpc) is 2.59. The predicted molar refractivity (Wildman–Crippen MR) is 93.6 cm³/mol. The van der Waals surface area contributed by atoms with E-state index in [0.717, 1.165) is 4.90 Å². The topological polar surface area (TPSA) is 75.6 Å². The van der Waals surface area contributed by atoms with Gasteiger partial charge in [-0.2, -0.15) is 0 Å². The smallest absolute Gasteiger partial charge is 0.342 e. The third-order valence-corrected chi connectivity index (χ3v) is 4.20. The number of phenolic OH excluding ortho intramolecular Hbond substituents is 1. The summed E-state index contributed by atoms with van der Waals surface area (Å²) in [6.07, 6.45) is 0. The van der Waals surface area contributed by atoms with Gasteiger partial charge in [0.05, 0.1) is 0 Å². The number of rotatable bonds is 7. The van der Waals surface area contributed by atoms with Crippen molar-refractivity contribution >= 4 is 35.2 Å². The molecule has 0 saturated carbocycles. The van der Waals surface area contributed by atoms with Crippen LogP contribution in [0.1, 0.15) is 10.4 Å². The molecule has 0 atom stereocenters. The molecule has 0 fully saturated rings. The van der Waals surface area contributed by atoms with Crippen LogP contribution < -0.4 is 5.32 Å². The SMILES string of the molecule is O=C(COC(=O)c1cc(Cl)ccc1O)NCCSc1ccccc1. The molecule has 0 heterocycles. The third kappa shape index (κ3) is 5.79. The Labute approximate surface area is 149 Å². The zero-order valence-corrected chi connectivity index (χ0v) is 14.3. The lowest BCUT2D eigenvalue weighted by Crippen LogP contribution is -2.30. The lowest BCUT2D eigenvalue weighted by molar-refractivity contribution is -0.124. The van der Waals surface area contributed by atoms with Gasteiger partial charge in [-0.25, -0.2) is 4.79 Å². The number of ether oxygens (including phenoxy) is 1. The van der Waals surface area contributed by atoms with Crippen LogP contribution in [0, 0.1) is 0 Å². The van der Waals surface area contributed by atoms with E-state index in [1.165, 1.54) is 18.2 Å². The first-order valence-electron chi connectivity index (χ1n) is 7.16. The highest BCUT2D eigenvalue weighted by Crippen LogP contribution is 2.22. The molecule has 0 aromatic heterocycles. The van der Waals surface area contributed by atoms with Crippen molar-refractivity contribution in [2.24, 2.45) is 0 Å². The lowest BCUT2D eigenvalue weighted by Gasteiger charge is -2.08. The van der Waals surface area contributed by atoms with E-state index in [0.29, 0.717) is 17.3 Å². The number of hydrogen-bond donors (Lipinski definition) is 2. The summed E-state index contributed by atoms with van der Waals surface area (Å²) in [5, 5.41) is 12.5. The monoisotopic (exact) mass is 365 g/mol. The number of aromatic hydroxyl groups is 1. The van der Waals surface area contributed by atoms with Crippen LogP contribution in [0.15, 0.2) is 53.4 Å². The Morgan fingerprint density at radius 2 is 1.92 bits per heavy atom. The maximum absolute atomic E-state index is 11.8. The van der Waals surface area contributed by atoms with Gasteiger partial charge < -0.3 is 15.2 Å². The molecule has 2 N–H and O–H groups in total. The van der Waals surface area contributed by atoms with Crippen molar-refractivity contribution in [2.75, 3.05) is 18.9 Å². The minimum absolute atomic E-state index is 0.0741. The number of esters is 1. The van der Waals surface area contributed by atoms with Gasteiger partial charge in [-0.15, -0.1) is 11.8 Å². The summed E-state index contributed by atoms with van der Waals surface area (Å²) in [6.45, 7) is 0.0408. The molecule has 126 valence electrons. The Bertz CT molecular complexity index is 709. The van der Waals surface area contributed by atoms with Crippen molar-refractivity contribution in [3.05, 3.63) is 59.1 Å². The highest BCUT2D eigenvalue weighted by Gasteiger charge is 2.14. The molecule has 0 spiro atoms. The molecule has 0 radical (unpaired) electrons. The summed E-state index contributed by atoms with van der Waals surface area (Å²) in [4.78, 5) is 24.6. The molecular formula is C17H16ClNO4S. The van der Waals surface area contributed by atoms with Gasteiger partial charge in [0.2, 0.25) is 0 Å². The summed E-state index contributed by atoms with van der Waals surface area (Å²) in [6, 6.07) is 13.9. The van der Waals surface area contributed by atoms with E-state index in [1.54, 1.807) is 11.8 Å².